The topological polar surface area (TPSA) is 82.1 Å². The largest absolute Gasteiger partial charge is 0.458 e. The van der Waals surface area contributed by atoms with Gasteiger partial charge in [0, 0.05) is 6.54 Å². The Morgan fingerprint density at radius 2 is 1.48 bits per heavy atom. The van der Waals surface area contributed by atoms with Gasteiger partial charge in [-0.1, -0.05) is 6.58 Å². The summed E-state index contributed by atoms with van der Waals surface area (Å²) in [7, 11) is 0. The molecule has 1 aliphatic heterocycles. The summed E-state index contributed by atoms with van der Waals surface area (Å²) in [5.74, 6) is -1.77. The fourth-order valence-corrected chi connectivity index (χ4v) is 2.51. The highest BCUT2D eigenvalue weighted by Crippen LogP contribution is 2.38. The van der Waals surface area contributed by atoms with Gasteiger partial charge in [-0.15, -0.1) is 0 Å². The van der Waals surface area contributed by atoms with Crippen molar-refractivity contribution in [1.29, 1.82) is 0 Å². The zero-order chi connectivity index (χ0) is 19.6. The molecule has 0 aromatic rings. The molecule has 25 heavy (non-hydrogen) atoms. The molecule has 0 N–H and O–H groups in total. The van der Waals surface area contributed by atoms with Crippen molar-refractivity contribution in [3.63, 3.8) is 0 Å². The van der Waals surface area contributed by atoms with Crippen LogP contribution in [0.15, 0.2) is 12.2 Å². The molecule has 1 fully saturated rings. The lowest BCUT2D eigenvalue weighted by atomic mass is 9.91. The van der Waals surface area contributed by atoms with Gasteiger partial charge in [-0.05, 0) is 60.5 Å². The van der Waals surface area contributed by atoms with E-state index in [9.17, 15) is 14.4 Å². The lowest BCUT2D eigenvalue weighted by Gasteiger charge is -2.37. The van der Waals surface area contributed by atoms with Crippen molar-refractivity contribution in [3.8, 4) is 0 Å². The van der Waals surface area contributed by atoms with Crippen LogP contribution in [0.3, 0.4) is 0 Å². The van der Waals surface area contributed by atoms with Crippen LogP contribution >= 0.6 is 0 Å². The van der Waals surface area contributed by atoms with E-state index in [0.29, 0.717) is 0 Å². The van der Waals surface area contributed by atoms with Crippen LogP contribution in [-0.4, -0.2) is 52.8 Å². The molecule has 0 spiro atoms. The first kappa shape index (κ1) is 21.0. The van der Waals surface area contributed by atoms with Gasteiger partial charge in [-0.2, -0.15) is 0 Å². The highest BCUT2D eigenvalue weighted by Gasteiger charge is 2.62. The van der Waals surface area contributed by atoms with Crippen LogP contribution in [0.4, 0.5) is 4.79 Å². The van der Waals surface area contributed by atoms with Crippen LogP contribution in [0.2, 0.25) is 0 Å². The molecule has 1 rings (SSSR count). The maximum absolute atomic E-state index is 13.0. The van der Waals surface area contributed by atoms with Crippen molar-refractivity contribution in [3.05, 3.63) is 12.2 Å². The van der Waals surface area contributed by atoms with Gasteiger partial charge in [-0.3, -0.25) is 4.90 Å². The summed E-state index contributed by atoms with van der Waals surface area (Å²) >= 11 is 0. The van der Waals surface area contributed by atoms with E-state index in [1.807, 2.05) is 0 Å². The van der Waals surface area contributed by atoms with E-state index in [4.69, 9.17) is 14.2 Å². The molecule has 0 radical (unpaired) electrons. The minimum absolute atomic E-state index is 0.112. The van der Waals surface area contributed by atoms with Crippen LogP contribution in [0.5, 0.6) is 0 Å². The van der Waals surface area contributed by atoms with E-state index < -0.39 is 34.8 Å². The molecular formula is C18H29NO6. The molecule has 7 heteroatoms. The average molecular weight is 355 g/mol. The number of carbonyl (C=O) groups is 3. The van der Waals surface area contributed by atoms with E-state index >= 15 is 0 Å². The van der Waals surface area contributed by atoms with E-state index in [2.05, 4.69) is 6.58 Å². The minimum Gasteiger partial charge on any atom is -0.458 e. The number of rotatable bonds is 3. The fourth-order valence-electron chi connectivity index (χ4n) is 2.51. The van der Waals surface area contributed by atoms with Crippen molar-refractivity contribution >= 4 is 18.0 Å². The van der Waals surface area contributed by atoms with Gasteiger partial charge in [0.25, 0.3) is 5.54 Å². The van der Waals surface area contributed by atoms with Gasteiger partial charge >= 0.3 is 18.0 Å². The molecule has 142 valence electrons. The van der Waals surface area contributed by atoms with Crippen LogP contribution in [0.25, 0.3) is 0 Å². The summed E-state index contributed by atoms with van der Waals surface area (Å²) in [6.07, 6.45) is -0.505. The first-order chi connectivity index (χ1) is 11.3. The lowest BCUT2D eigenvalue weighted by molar-refractivity contribution is -0.181. The van der Waals surface area contributed by atoms with Crippen molar-refractivity contribution in [2.24, 2.45) is 0 Å². The van der Waals surface area contributed by atoms with E-state index in [-0.39, 0.29) is 25.1 Å². The Morgan fingerprint density at radius 3 is 1.84 bits per heavy atom. The van der Waals surface area contributed by atoms with Gasteiger partial charge in [0.15, 0.2) is 0 Å². The van der Waals surface area contributed by atoms with Gasteiger partial charge < -0.3 is 14.2 Å². The number of nitrogens with zero attached hydrogens (tertiary/aromatic N) is 1. The second-order valence-corrected chi connectivity index (χ2v) is 7.92. The summed E-state index contributed by atoms with van der Waals surface area (Å²) in [4.78, 5) is 39.5. The first-order valence-electron chi connectivity index (χ1n) is 8.35. The molecular weight excluding hydrogens is 326 g/mol. The standard InChI is InChI=1S/C18H29NO6/c1-9-23-15(22)19-11-10-12(2)18(19,13(20)24-16(3,4)5)14(21)25-17(6,7)8/h2,9-11H2,1,3-8H3. The maximum Gasteiger partial charge on any atom is 0.411 e. The Bertz CT molecular complexity index is 539. The third-order valence-electron chi connectivity index (χ3n) is 3.43. The highest BCUT2D eigenvalue weighted by atomic mass is 16.6. The summed E-state index contributed by atoms with van der Waals surface area (Å²) < 4.78 is 15.9. The van der Waals surface area contributed by atoms with Crippen molar-refractivity contribution in [2.75, 3.05) is 13.2 Å². The van der Waals surface area contributed by atoms with Gasteiger partial charge in [0.2, 0.25) is 0 Å². The molecule has 1 heterocycles. The van der Waals surface area contributed by atoms with Gasteiger partial charge in [0.05, 0.1) is 6.61 Å². The average Bonchev–Trinajstić information content (AvgIpc) is 2.73. The predicted octanol–water partition coefficient (Wildman–Crippen LogP) is 2.83. The lowest BCUT2D eigenvalue weighted by Crippen LogP contribution is -2.62. The zero-order valence-electron chi connectivity index (χ0n) is 16.2. The Balaban J connectivity index is 3.43. The third kappa shape index (κ3) is 4.52. The Morgan fingerprint density at radius 1 is 1.04 bits per heavy atom. The van der Waals surface area contributed by atoms with Crippen LogP contribution in [-0.2, 0) is 23.8 Å². The predicted molar refractivity (Wildman–Crippen MR) is 91.9 cm³/mol. The number of esters is 2. The summed E-state index contributed by atoms with van der Waals surface area (Å²) in [5.41, 5.74) is -3.48. The van der Waals surface area contributed by atoms with Crippen molar-refractivity contribution in [2.45, 2.75) is 71.6 Å². The molecule has 0 aliphatic carbocycles. The maximum atomic E-state index is 13.0. The molecule has 7 nitrogen and oxygen atoms in total. The van der Waals surface area contributed by atoms with Gasteiger partial charge in [0.1, 0.15) is 11.2 Å². The van der Waals surface area contributed by atoms with E-state index in [0.717, 1.165) is 4.90 Å². The van der Waals surface area contributed by atoms with Crippen molar-refractivity contribution in [1.82, 2.24) is 4.90 Å². The Labute approximate surface area is 149 Å². The first-order valence-corrected chi connectivity index (χ1v) is 8.35. The fraction of sp³-hybridized carbons (Fsp3) is 0.722. The Hall–Kier alpha value is -2.05. The number of hydrogen-bond donors (Lipinski definition) is 0. The molecule has 1 aliphatic rings. The molecule has 0 saturated carbocycles. The number of hydrogen-bond acceptors (Lipinski definition) is 6. The second-order valence-electron chi connectivity index (χ2n) is 7.92. The van der Waals surface area contributed by atoms with Crippen LogP contribution in [0.1, 0.15) is 54.9 Å². The molecule has 0 bridgehead atoms. The smallest absolute Gasteiger partial charge is 0.411 e. The SMILES string of the molecule is C=C1CCN(C(=O)OCC)C1(C(=O)OC(C)(C)C)C(=O)OC(C)(C)C. The van der Waals surface area contributed by atoms with E-state index in [1.165, 1.54) is 0 Å². The highest BCUT2D eigenvalue weighted by molar-refractivity contribution is 6.11. The summed E-state index contributed by atoms with van der Waals surface area (Å²) in [6, 6.07) is 0. The van der Waals surface area contributed by atoms with Crippen LogP contribution < -0.4 is 0 Å². The monoisotopic (exact) mass is 355 g/mol. The zero-order valence-corrected chi connectivity index (χ0v) is 16.2. The number of ether oxygens (including phenoxy) is 3. The van der Waals surface area contributed by atoms with Crippen molar-refractivity contribution < 1.29 is 28.6 Å². The van der Waals surface area contributed by atoms with Crippen LogP contribution in [0, 0.1) is 0 Å². The molecule has 0 atom stereocenters. The molecule has 1 saturated heterocycles. The van der Waals surface area contributed by atoms with Gasteiger partial charge in [-0.25, -0.2) is 14.4 Å². The summed E-state index contributed by atoms with van der Waals surface area (Å²) in [5, 5.41) is 0. The van der Waals surface area contributed by atoms with E-state index in [1.54, 1.807) is 48.5 Å². The molecule has 0 aromatic carbocycles. The Kier molecular flexibility index (Phi) is 5.93. The number of likely N-dealkylation sites (tertiary alicyclic amines) is 1. The molecule has 1 amide bonds. The quantitative estimate of drug-likeness (QED) is 0.335. The minimum atomic E-state index is -2.03. The molecule has 0 aromatic heterocycles. The second kappa shape index (κ2) is 7.06. The number of carbonyl (C=O) groups excluding carboxylic acids is 3. The normalized spacial score (nSPS) is 17.2. The summed E-state index contributed by atoms with van der Waals surface area (Å²) in [6.45, 7) is 15.8. The third-order valence-corrected chi connectivity index (χ3v) is 3.43. The number of amides is 1. The molecule has 0 unspecified atom stereocenters.